The number of carbonyl (C=O) groups excluding carboxylic acids is 1. The Morgan fingerprint density at radius 1 is 1.05 bits per heavy atom. The Morgan fingerprint density at radius 3 is 2.67 bits per heavy atom. The van der Waals surface area contributed by atoms with E-state index in [1.54, 1.807) is 0 Å². The summed E-state index contributed by atoms with van der Waals surface area (Å²) in [6.45, 7) is 0.512. The molecule has 0 radical (unpaired) electrons. The second-order valence-corrected chi connectivity index (χ2v) is 6.14. The van der Waals surface area contributed by atoms with Gasteiger partial charge in [0.25, 0.3) is 5.91 Å². The lowest BCUT2D eigenvalue weighted by atomic mass is 10.1. The minimum Gasteiger partial charge on any atom is -0.347 e. The predicted molar refractivity (Wildman–Crippen MR) is 89.0 cm³/mol. The normalized spacial score (nSPS) is 10.7. The average Bonchev–Trinajstić information content (AvgIpc) is 2.97. The molecular formula is C17H14ClNOS. The lowest BCUT2D eigenvalue weighted by molar-refractivity contribution is 0.0955. The van der Waals surface area contributed by atoms with Gasteiger partial charge in [-0.3, -0.25) is 4.79 Å². The highest BCUT2D eigenvalue weighted by molar-refractivity contribution is 7.20. The molecule has 0 spiro atoms. The van der Waals surface area contributed by atoms with Gasteiger partial charge in [0.15, 0.2) is 0 Å². The molecule has 3 rings (SSSR count). The molecule has 21 heavy (non-hydrogen) atoms. The molecule has 0 aliphatic carbocycles. The molecule has 0 saturated heterocycles. The van der Waals surface area contributed by atoms with Crippen LogP contribution >= 0.6 is 22.9 Å². The standard InChI is InChI=1S/C17H14ClNOS/c18-10-12-4-3-5-13(8-12)11-19-17(20)16-9-14-6-1-2-7-15(14)21-16/h1-9H,10-11H2,(H,19,20). The zero-order chi connectivity index (χ0) is 14.7. The second kappa shape index (κ2) is 6.29. The summed E-state index contributed by atoms with van der Waals surface area (Å²) in [5, 5.41) is 4.06. The summed E-state index contributed by atoms with van der Waals surface area (Å²) in [5.74, 6) is 0.449. The number of nitrogens with one attached hydrogen (secondary N) is 1. The first-order chi connectivity index (χ1) is 10.3. The van der Waals surface area contributed by atoms with Crippen molar-refractivity contribution >= 4 is 38.9 Å². The summed E-state index contributed by atoms with van der Waals surface area (Å²) in [6.07, 6.45) is 0. The lowest BCUT2D eigenvalue weighted by Gasteiger charge is -2.05. The number of hydrogen-bond donors (Lipinski definition) is 1. The molecule has 2 aromatic carbocycles. The molecule has 1 heterocycles. The van der Waals surface area contributed by atoms with Gasteiger partial charge in [0, 0.05) is 17.1 Å². The maximum atomic E-state index is 12.2. The first kappa shape index (κ1) is 14.1. The van der Waals surface area contributed by atoms with E-state index in [0.717, 1.165) is 26.1 Å². The second-order valence-electron chi connectivity index (χ2n) is 4.78. The molecule has 2 nitrogen and oxygen atoms in total. The predicted octanol–water partition coefficient (Wildman–Crippen LogP) is 4.57. The molecule has 3 aromatic rings. The minimum atomic E-state index is -0.0347. The first-order valence-electron chi connectivity index (χ1n) is 6.67. The fourth-order valence-corrected chi connectivity index (χ4v) is 3.33. The average molecular weight is 316 g/mol. The third-order valence-electron chi connectivity index (χ3n) is 3.25. The SMILES string of the molecule is O=C(NCc1cccc(CCl)c1)c1cc2ccccc2s1. The summed E-state index contributed by atoms with van der Waals surface area (Å²) in [5.41, 5.74) is 2.12. The summed E-state index contributed by atoms with van der Waals surface area (Å²) >= 11 is 7.33. The quantitative estimate of drug-likeness (QED) is 0.702. The maximum Gasteiger partial charge on any atom is 0.261 e. The van der Waals surface area contributed by atoms with Gasteiger partial charge in [-0.05, 0) is 28.6 Å². The molecule has 4 heteroatoms. The van der Waals surface area contributed by atoms with Gasteiger partial charge in [0.1, 0.15) is 0 Å². The molecule has 1 aromatic heterocycles. The highest BCUT2D eigenvalue weighted by atomic mass is 35.5. The van der Waals surface area contributed by atoms with Crippen molar-refractivity contribution in [3.63, 3.8) is 0 Å². The van der Waals surface area contributed by atoms with E-state index in [2.05, 4.69) is 5.32 Å². The fraction of sp³-hybridized carbons (Fsp3) is 0.118. The molecule has 0 aliphatic rings. The van der Waals surface area contributed by atoms with Crippen molar-refractivity contribution in [1.29, 1.82) is 0 Å². The van der Waals surface area contributed by atoms with Crippen LogP contribution in [0.5, 0.6) is 0 Å². The molecule has 0 bridgehead atoms. The van der Waals surface area contributed by atoms with Crippen LogP contribution in [0.1, 0.15) is 20.8 Å². The van der Waals surface area contributed by atoms with Crippen LogP contribution in [0.4, 0.5) is 0 Å². The van der Waals surface area contributed by atoms with Crippen molar-refractivity contribution in [1.82, 2.24) is 5.32 Å². The van der Waals surface area contributed by atoms with Gasteiger partial charge in [-0.2, -0.15) is 0 Å². The van der Waals surface area contributed by atoms with E-state index < -0.39 is 0 Å². The summed E-state index contributed by atoms with van der Waals surface area (Å²) in [7, 11) is 0. The smallest absolute Gasteiger partial charge is 0.261 e. The van der Waals surface area contributed by atoms with Gasteiger partial charge >= 0.3 is 0 Å². The van der Waals surface area contributed by atoms with E-state index in [0.29, 0.717) is 12.4 Å². The number of halogens is 1. The Hall–Kier alpha value is -1.84. The maximum absolute atomic E-state index is 12.2. The number of amides is 1. The van der Waals surface area contributed by atoms with E-state index in [4.69, 9.17) is 11.6 Å². The zero-order valence-corrected chi connectivity index (χ0v) is 12.9. The van der Waals surface area contributed by atoms with E-state index in [1.807, 2.05) is 54.6 Å². The van der Waals surface area contributed by atoms with E-state index in [9.17, 15) is 4.79 Å². The van der Waals surface area contributed by atoms with Crippen LogP contribution in [0.25, 0.3) is 10.1 Å². The van der Waals surface area contributed by atoms with Gasteiger partial charge in [-0.25, -0.2) is 0 Å². The summed E-state index contributed by atoms with van der Waals surface area (Å²) in [6, 6.07) is 17.9. The van der Waals surface area contributed by atoms with Crippen LogP contribution < -0.4 is 5.32 Å². The van der Waals surface area contributed by atoms with Gasteiger partial charge in [-0.1, -0.05) is 42.5 Å². The van der Waals surface area contributed by atoms with E-state index in [-0.39, 0.29) is 5.91 Å². The van der Waals surface area contributed by atoms with Gasteiger partial charge in [0.2, 0.25) is 0 Å². The van der Waals surface area contributed by atoms with Crippen LogP contribution in [0.3, 0.4) is 0 Å². The highest BCUT2D eigenvalue weighted by Gasteiger charge is 2.09. The molecule has 0 atom stereocenters. The van der Waals surface area contributed by atoms with Crippen LogP contribution in [0, 0.1) is 0 Å². The number of rotatable bonds is 4. The Morgan fingerprint density at radius 2 is 1.86 bits per heavy atom. The Kier molecular flexibility index (Phi) is 4.23. The number of fused-ring (bicyclic) bond motifs is 1. The van der Waals surface area contributed by atoms with Gasteiger partial charge in [0.05, 0.1) is 4.88 Å². The van der Waals surface area contributed by atoms with Crippen molar-refractivity contribution in [3.8, 4) is 0 Å². The summed E-state index contributed by atoms with van der Waals surface area (Å²) < 4.78 is 1.13. The molecule has 0 fully saturated rings. The molecular weight excluding hydrogens is 302 g/mol. The molecule has 1 N–H and O–H groups in total. The molecule has 1 amide bonds. The van der Waals surface area contributed by atoms with Gasteiger partial charge in [-0.15, -0.1) is 22.9 Å². The third-order valence-corrected chi connectivity index (χ3v) is 4.67. The molecule has 106 valence electrons. The Bertz CT molecular complexity index is 748. The topological polar surface area (TPSA) is 29.1 Å². The molecule has 0 saturated carbocycles. The number of thiophene rings is 1. The van der Waals surface area contributed by atoms with Crippen molar-refractivity contribution in [3.05, 3.63) is 70.6 Å². The highest BCUT2D eigenvalue weighted by Crippen LogP contribution is 2.25. The number of benzene rings is 2. The summed E-state index contributed by atoms with van der Waals surface area (Å²) in [4.78, 5) is 13.0. The Labute approximate surface area is 132 Å². The van der Waals surface area contributed by atoms with Crippen LogP contribution in [0.2, 0.25) is 0 Å². The minimum absolute atomic E-state index is 0.0347. The Balaban J connectivity index is 1.71. The fourth-order valence-electron chi connectivity index (χ4n) is 2.19. The lowest BCUT2D eigenvalue weighted by Crippen LogP contribution is -2.21. The zero-order valence-electron chi connectivity index (χ0n) is 11.3. The largest absolute Gasteiger partial charge is 0.347 e. The third kappa shape index (κ3) is 3.26. The van der Waals surface area contributed by atoms with Crippen molar-refractivity contribution < 1.29 is 4.79 Å². The van der Waals surface area contributed by atoms with E-state index >= 15 is 0 Å². The van der Waals surface area contributed by atoms with Crippen molar-refractivity contribution in [2.75, 3.05) is 0 Å². The van der Waals surface area contributed by atoms with Crippen molar-refractivity contribution in [2.45, 2.75) is 12.4 Å². The van der Waals surface area contributed by atoms with Crippen molar-refractivity contribution in [2.24, 2.45) is 0 Å². The van der Waals surface area contributed by atoms with Crippen LogP contribution in [-0.2, 0) is 12.4 Å². The van der Waals surface area contributed by atoms with Gasteiger partial charge < -0.3 is 5.32 Å². The van der Waals surface area contributed by atoms with Crippen LogP contribution in [0.15, 0.2) is 54.6 Å². The number of alkyl halides is 1. The number of carbonyl (C=O) groups is 1. The molecule has 0 unspecified atom stereocenters. The van der Waals surface area contributed by atoms with Crippen LogP contribution in [-0.4, -0.2) is 5.91 Å². The number of hydrogen-bond acceptors (Lipinski definition) is 2. The van der Waals surface area contributed by atoms with E-state index in [1.165, 1.54) is 11.3 Å². The monoisotopic (exact) mass is 315 g/mol. The first-order valence-corrected chi connectivity index (χ1v) is 8.02. The molecule has 0 aliphatic heterocycles.